The number of hydrogen-bond acceptors (Lipinski definition) is 4. The van der Waals surface area contributed by atoms with Crippen molar-refractivity contribution in [2.75, 3.05) is 0 Å². The third kappa shape index (κ3) is 3.71. The van der Waals surface area contributed by atoms with Crippen LogP contribution in [0, 0.1) is 0 Å². The molecule has 3 aromatic rings. The third-order valence-corrected chi connectivity index (χ3v) is 4.54. The molecular formula is C24H18O4. The third-order valence-electron chi connectivity index (χ3n) is 4.54. The number of carbonyl (C=O) groups is 2. The van der Waals surface area contributed by atoms with Crippen molar-refractivity contribution in [3.8, 4) is 11.5 Å². The molecular weight excluding hydrogens is 352 g/mol. The van der Waals surface area contributed by atoms with E-state index in [-0.39, 0.29) is 5.75 Å². The quantitative estimate of drug-likeness (QED) is 0.474. The first kappa shape index (κ1) is 17.7. The highest BCUT2D eigenvalue weighted by molar-refractivity contribution is 5.93. The zero-order valence-corrected chi connectivity index (χ0v) is 15.1. The van der Waals surface area contributed by atoms with Crippen LogP contribution in [0.4, 0.5) is 0 Å². The number of benzene rings is 3. The minimum atomic E-state index is -0.496. The number of allylic oxidation sites excluding steroid dienone is 1. The highest BCUT2D eigenvalue weighted by atomic mass is 16.6. The van der Waals surface area contributed by atoms with E-state index in [9.17, 15) is 9.59 Å². The maximum absolute atomic E-state index is 12.6. The molecule has 0 saturated heterocycles. The van der Waals surface area contributed by atoms with Crippen molar-refractivity contribution in [3.63, 3.8) is 0 Å². The van der Waals surface area contributed by atoms with Gasteiger partial charge in [-0.05, 0) is 48.7 Å². The van der Waals surface area contributed by atoms with Gasteiger partial charge in [0.25, 0.3) is 0 Å². The van der Waals surface area contributed by atoms with Crippen LogP contribution in [0.2, 0.25) is 0 Å². The minimum absolute atomic E-state index is 0.243. The highest BCUT2D eigenvalue weighted by Gasteiger charge is 2.22. The summed E-state index contributed by atoms with van der Waals surface area (Å²) in [5, 5.41) is 0. The summed E-state index contributed by atoms with van der Waals surface area (Å²) in [7, 11) is 0. The van der Waals surface area contributed by atoms with Crippen molar-refractivity contribution in [1.29, 1.82) is 0 Å². The zero-order chi connectivity index (χ0) is 19.3. The van der Waals surface area contributed by atoms with E-state index in [1.54, 1.807) is 54.6 Å². The molecule has 0 aromatic heterocycles. The van der Waals surface area contributed by atoms with Crippen LogP contribution in [0.25, 0.3) is 6.08 Å². The molecule has 0 bridgehead atoms. The summed E-state index contributed by atoms with van der Waals surface area (Å²) in [4.78, 5) is 25.1. The van der Waals surface area contributed by atoms with Crippen LogP contribution >= 0.6 is 0 Å². The van der Waals surface area contributed by atoms with Crippen LogP contribution in [-0.2, 0) is 6.42 Å². The van der Waals surface area contributed by atoms with Gasteiger partial charge in [0.15, 0.2) is 11.5 Å². The summed E-state index contributed by atoms with van der Waals surface area (Å²) >= 11 is 0. The van der Waals surface area contributed by atoms with Crippen molar-refractivity contribution in [2.24, 2.45) is 0 Å². The molecule has 3 aromatic carbocycles. The average Bonchev–Trinajstić information content (AvgIpc) is 2.76. The average molecular weight is 370 g/mol. The van der Waals surface area contributed by atoms with Crippen molar-refractivity contribution < 1.29 is 19.1 Å². The predicted octanol–water partition coefficient (Wildman–Crippen LogP) is 5.08. The van der Waals surface area contributed by atoms with Gasteiger partial charge in [0, 0.05) is 5.56 Å². The van der Waals surface area contributed by atoms with E-state index >= 15 is 0 Å². The van der Waals surface area contributed by atoms with Crippen LogP contribution in [0.5, 0.6) is 11.5 Å². The van der Waals surface area contributed by atoms with Gasteiger partial charge in [-0.1, -0.05) is 54.6 Å². The molecule has 4 nitrogen and oxygen atoms in total. The topological polar surface area (TPSA) is 52.6 Å². The molecule has 1 aliphatic rings. The fourth-order valence-electron chi connectivity index (χ4n) is 3.12. The first-order valence-corrected chi connectivity index (χ1v) is 9.09. The summed E-state index contributed by atoms with van der Waals surface area (Å²) in [5.74, 6) is -0.434. The largest absolute Gasteiger partial charge is 0.419 e. The Hall–Kier alpha value is -3.66. The fourth-order valence-corrected chi connectivity index (χ4v) is 3.12. The van der Waals surface area contributed by atoms with Crippen molar-refractivity contribution in [2.45, 2.75) is 12.8 Å². The Labute approximate surface area is 163 Å². The SMILES string of the molecule is O=C(Oc1ccc2c(c1OC(=O)c1ccccc1)CCC=C2)c1ccccc1. The number of hydrogen-bond donors (Lipinski definition) is 0. The van der Waals surface area contributed by atoms with E-state index in [1.165, 1.54) is 0 Å². The Morgan fingerprint density at radius 1 is 0.714 bits per heavy atom. The predicted molar refractivity (Wildman–Crippen MR) is 107 cm³/mol. The van der Waals surface area contributed by atoms with Crippen LogP contribution in [0.3, 0.4) is 0 Å². The van der Waals surface area contributed by atoms with E-state index in [4.69, 9.17) is 9.47 Å². The lowest BCUT2D eigenvalue weighted by Gasteiger charge is -2.18. The summed E-state index contributed by atoms with van der Waals surface area (Å²) < 4.78 is 11.3. The molecule has 0 saturated carbocycles. The van der Waals surface area contributed by atoms with E-state index < -0.39 is 11.9 Å². The van der Waals surface area contributed by atoms with Gasteiger partial charge in [-0.25, -0.2) is 9.59 Å². The Bertz CT molecular complexity index is 1040. The van der Waals surface area contributed by atoms with Crippen molar-refractivity contribution in [3.05, 3.63) is 101 Å². The van der Waals surface area contributed by atoms with Gasteiger partial charge >= 0.3 is 11.9 Å². The summed E-state index contributed by atoms with van der Waals surface area (Å²) in [5.41, 5.74) is 2.69. The lowest BCUT2D eigenvalue weighted by atomic mass is 9.96. The number of esters is 2. The zero-order valence-electron chi connectivity index (χ0n) is 15.1. The van der Waals surface area contributed by atoms with Crippen LogP contribution in [0.1, 0.15) is 38.3 Å². The molecule has 1 aliphatic carbocycles. The molecule has 0 radical (unpaired) electrons. The molecule has 4 rings (SSSR count). The first-order valence-electron chi connectivity index (χ1n) is 9.09. The smallest absolute Gasteiger partial charge is 0.343 e. The van der Waals surface area contributed by atoms with Crippen LogP contribution in [0.15, 0.2) is 78.9 Å². The molecule has 0 heterocycles. The van der Waals surface area contributed by atoms with Gasteiger partial charge in [-0.3, -0.25) is 0 Å². The number of fused-ring (bicyclic) bond motifs is 1. The maximum Gasteiger partial charge on any atom is 0.343 e. The molecule has 0 unspecified atom stereocenters. The second-order valence-electron chi connectivity index (χ2n) is 6.41. The molecule has 0 aliphatic heterocycles. The number of carbonyl (C=O) groups excluding carboxylic acids is 2. The number of ether oxygens (including phenoxy) is 2. The summed E-state index contributed by atoms with van der Waals surface area (Å²) in [6.45, 7) is 0. The van der Waals surface area contributed by atoms with Crippen LogP contribution < -0.4 is 9.47 Å². The van der Waals surface area contributed by atoms with Gasteiger partial charge in [-0.2, -0.15) is 0 Å². The molecule has 0 atom stereocenters. The fraction of sp³-hybridized carbons (Fsp3) is 0.0833. The first-order chi connectivity index (χ1) is 13.7. The van der Waals surface area contributed by atoms with E-state index in [1.807, 2.05) is 24.3 Å². The van der Waals surface area contributed by atoms with Crippen LogP contribution in [-0.4, -0.2) is 11.9 Å². The summed E-state index contributed by atoms with van der Waals surface area (Å²) in [6, 6.07) is 21.0. The van der Waals surface area contributed by atoms with E-state index in [0.29, 0.717) is 23.3 Å². The van der Waals surface area contributed by atoms with Gasteiger partial charge in [0.1, 0.15) is 0 Å². The Morgan fingerprint density at radius 2 is 1.32 bits per heavy atom. The van der Waals surface area contributed by atoms with Gasteiger partial charge < -0.3 is 9.47 Å². The molecule has 0 fully saturated rings. The Balaban J connectivity index is 1.69. The molecule has 0 spiro atoms. The normalized spacial score (nSPS) is 12.1. The standard InChI is InChI=1S/C24H18O4/c25-23(18-10-3-1-4-11-18)27-21-16-15-17-9-7-8-14-20(17)22(21)28-24(26)19-12-5-2-6-13-19/h1-7,9-13,15-16H,8,14H2. The van der Waals surface area contributed by atoms with Crippen molar-refractivity contribution >= 4 is 18.0 Å². The van der Waals surface area contributed by atoms with E-state index in [2.05, 4.69) is 6.08 Å². The second kappa shape index (κ2) is 7.92. The lowest BCUT2D eigenvalue weighted by Crippen LogP contribution is -2.14. The van der Waals surface area contributed by atoms with Gasteiger partial charge in [0.2, 0.25) is 0 Å². The van der Waals surface area contributed by atoms with Crippen molar-refractivity contribution in [1.82, 2.24) is 0 Å². The monoisotopic (exact) mass is 370 g/mol. The Kier molecular flexibility index (Phi) is 5.02. The lowest BCUT2D eigenvalue weighted by molar-refractivity contribution is 0.0681. The molecule has 4 heteroatoms. The second-order valence-corrected chi connectivity index (χ2v) is 6.41. The maximum atomic E-state index is 12.6. The molecule has 28 heavy (non-hydrogen) atoms. The molecule has 138 valence electrons. The van der Waals surface area contributed by atoms with Gasteiger partial charge in [0.05, 0.1) is 11.1 Å². The number of rotatable bonds is 4. The van der Waals surface area contributed by atoms with E-state index in [0.717, 1.165) is 17.5 Å². The minimum Gasteiger partial charge on any atom is -0.419 e. The molecule has 0 amide bonds. The Morgan fingerprint density at radius 3 is 1.96 bits per heavy atom. The summed E-state index contributed by atoms with van der Waals surface area (Å²) in [6.07, 6.45) is 5.60. The molecule has 0 N–H and O–H groups in total. The highest BCUT2D eigenvalue weighted by Crippen LogP contribution is 2.38. The van der Waals surface area contributed by atoms with Gasteiger partial charge in [-0.15, -0.1) is 0 Å².